The first-order chi connectivity index (χ1) is 11.2. The Morgan fingerprint density at radius 1 is 1.29 bits per heavy atom. The van der Waals surface area contributed by atoms with Gasteiger partial charge in [0, 0.05) is 15.7 Å². The summed E-state index contributed by atoms with van der Waals surface area (Å²) >= 11 is 2.63. The van der Waals surface area contributed by atoms with E-state index in [9.17, 15) is 9.59 Å². The Morgan fingerprint density at radius 3 is 2.67 bits per heavy atom. The zero-order valence-electron chi connectivity index (χ0n) is 14.0. The molecular formula is C17H19N3O2S2. The van der Waals surface area contributed by atoms with Crippen molar-refractivity contribution in [3.63, 3.8) is 0 Å². The van der Waals surface area contributed by atoms with Gasteiger partial charge in [-0.1, -0.05) is 44.7 Å². The van der Waals surface area contributed by atoms with Crippen LogP contribution in [-0.4, -0.2) is 21.5 Å². The summed E-state index contributed by atoms with van der Waals surface area (Å²) in [7, 11) is 0. The Balaban J connectivity index is 1.82. The summed E-state index contributed by atoms with van der Waals surface area (Å²) in [4.78, 5) is 30.5. The zero-order valence-corrected chi connectivity index (χ0v) is 15.6. The molecule has 2 aromatic rings. The number of rotatable bonds is 2. The fourth-order valence-corrected chi connectivity index (χ4v) is 4.24. The Bertz CT molecular complexity index is 810. The molecule has 1 atom stereocenters. The number of anilines is 2. The van der Waals surface area contributed by atoms with Gasteiger partial charge in [0.1, 0.15) is 0 Å². The summed E-state index contributed by atoms with van der Waals surface area (Å²) in [5.74, 6) is -0.689. The van der Waals surface area contributed by atoms with E-state index in [1.54, 1.807) is 6.92 Å². The Labute approximate surface area is 149 Å². The van der Waals surface area contributed by atoms with E-state index in [1.165, 1.54) is 23.1 Å². The number of thioether (sulfide) groups is 1. The molecule has 0 radical (unpaired) electrons. The molecule has 1 unspecified atom stereocenters. The number of nitrogens with zero attached hydrogens (tertiary/aromatic N) is 1. The number of carbonyl (C=O) groups is 2. The van der Waals surface area contributed by atoms with Gasteiger partial charge < -0.3 is 10.6 Å². The second-order valence-electron chi connectivity index (χ2n) is 6.83. The first kappa shape index (κ1) is 17.0. The van der Waals surface area contributed by atoms with Crippen molar-refractivity contribution in [2.45, 2.75) is 42.8 Å². The minimum absolute atomic E-state index is 0.0840. The van der Waals surface area contributed by atoms with Crippen molar-refractivity contribution in [3.05, 3.63) is 35.3 Å². The van der Waals surface area contributed by atoms with Gasteiger partial charge in [0.25, 0.3) is 5.91 Å². The monoisotopic (exact) mass is 361 g/mol. The van der Waals surface area contributed by atoms with Crippen LogP contribution in [0, 0.1) is 0 Å². The topological polar surface area (TPSA) is 71.1 Å². The zero-order chi connectivity index (χ0) is 17.5. The molecule has 1 aliphatic rings. The maximum atomic E-state index is 12.7. The largest absolute Gasteiger partial charge is 0.323 e. The number of thiazole rings is 1. The highest BCUT2D eigenvalue weighted by Gasteiger charge is 2.46. The van der Waals surface area contributed by atoms with E-state index in [2.05, 4.69) is 36.4 Å². The normalized spacial score (nSPS) is 20.2. The SMILES string of the molecule is CC1(C(=O)Nc2nc(C(C)(C)C)cs2)Sc2ccccc2NC1=O. The molecule has 5 nitrogen and oxygen atoms in total. The van der Waals surface area contributed by atoms with E-state index >= 15 is 0 Å². The highest BCUT2D eigenvalue weighted by atomic mass is 32.2. The number of fused-ring (bicyclic) bond motifs is 1. The minimum atomic E-state index is -1.23. The first-order valence-corrected chi connectivity index (χ1v) is 9.27. The molecule has 0 saturated carbocycles. The van der Waals surface area contributed by atoms with Crippen LogP contribution >= 0.6 is 23.1 Å². The quantitative estimate of drug-likeness (QED) is 0.796. The van der Waals surface area contributed by atoms with Crippen molar-refractivity contribution >= 4 is 45.7 Å². The molecule has 126 valence electrons. The third-order valence-corrected chi connectivity index (χ3v) is 5.92. The number of para-hydroxylation sites is 1. The van der Waals surface area contributed by atoms with Crippen LogP contribution in [0.4, 0.5) is 10.8 Å². The molecule has 1 aromatic heterocycles. The van der Waals surface area contributed by atoms with Crippen molar-refractivity contribution in [2.24, 2.45) is 0 Å². The van der Waals surface area contributed by atoms with Gasteiger partial charge in [0.2, 0.25) is 5.91 Å². The first-order valence-electron chi connectivity index (χ1n) is 7.57. The van der Waals surface area contributed by atoms with Crippen LogP contribution in [0.2, 0.25) is 0 Å². The summed E-state index contributed by atoms with van der Waals surface area (Å²) in [5, 5.41) is 8.05. The lowest BCUT2D eigenvalue weighted by molar-refractivity contribution is -0.126. The van der Waals surface area contributed by atoms with Crippen LogP contribution in [0.3, 0.4) is 0 Å². The predicted molar refractivity (Wildman–Crippen MR) is 98.8 cm³/mol. The maximum Gasteiger partial charge on any atom is 0.252 e. The molecule has 24 heavy (non-hydrogen) atoms. The molecular weight excluding hydrogens is 342 g/mol. The average Bonchev–Trinajstić information content (AvgIpc) is 2.97. The lowest BCUT2D eigenvalue weighted by Crippen LogP contribution is -2.49. The van der Waals surface area contributed by atoms with Crippen LogP contribution in [0.5, 0.6) is 0 Å². The smallest absolute Gasteiger partial charge is 0.252 e. The lowest BCUT2D eigenvalue weighted by atomic mass is 9.93. The van der Waals surface area contributed by atoms with Crippen molar-refractivity contribution in [2.75, 3.05) is 10.6 Å². The van der Waals surface area contributed by atoms with Gasteiger partial charge in [-0.15, -0.1) is 11.3 Å². The number of nitrogens with one attached hydrogen (secondary N) is 2. The van der Waals surface area contributed by atoms with Gasteiger partial charge >= 0.3 is 0 Å². The van der Waals surface area contributed by atoms with E-state index in [1.807, 2.05) is 29.6 Å². The molecule has 0 saturated heterocycles. The second kappa shape index (κ2) is 5.89. The van der Waals surface area contributed by atoms with Crippen molar-refractivity contribution in [1.29, 1.82) is 0 Å². The fraction of sp³-hybridized carbons (Fsp3) is 0.353. The molecule has 7 heteroatoms. The van der Waals surface area contributed by atoms with E-state index in [0.717, 1.165) is 16.3 Å². The summed E-state index contributed by atoms with van der Waals surface area (Å²) in [6.45, 7) is 7.83. The second-order valence-corrected chi connectivity index (χ2v) is 9.15. The number of benzene rings is 1. The number of carbonyl (C=O) groups excluding carboxylic acids is 2. The highest BCUT2D eigenvalue weighted by Crippen LogP contribution is 2.43. The van der Waals surface area contributed by atoms with Gasteiger partial charge in [-0.05, 0) is 19.1 Å². The average molecular weight is 361 g/mol. The van der Waals surface area contributed by atoms with Crippen molar-refractivity contribution in [3.8, 4) is 0 Å². The van der Waals surface area contributed by atoms with Crippen molar-refractivity contribution < 1.29 is 9.59 Å². The fourth-order valence-electron chi connectivity index (χ4n) is 2.21. The van der Waals surface area contributed by atoms with Crippen LogP contribution < -0.4 is 10.6 Å². The Hall–Kier alpha value is -1.86. The van der Waals surface area contributed by atoms with Crippen LogP contribution in [0.15, 0.2) is 34.5 Å². The molecule has 1 aliphatic heterocycles. The number of amides is 2. The summed E-state index contributed by atoms with van der Waals surface area (Å²) < 4.78 is -1.23. The highest BCUT2D eigenvalue weighted by molar-refractivity contribution is 8.02. The molecule has 2 N–H and O–H groups in total. The van der Waals surface area contributed by atoms with E-state index in [4.69, 9.17) is 0 Å². The molecule has 0 bridgehead atoms. The van der Waals surface area contributed by atoms with Gasteiger partial charge in [0.15, 0.2) is 9.88 Å². The molecule has 2 amide bonds. The van der Waals surface area contributed by atoms with Gasteiger partial charge in [-0.3, -0.25) is 9.59 Å². The molecule has 1 aromatic carbocycles. The number of hydrogen-bond donors (Lipinski definition) is 2. The van der Waals surface area contributed by atoms with Crippen LogP contribution in [0.1, 0.15) is 33.4 Å². The third kappa shape index (κ3) is 3.06. The lowest BCUT2D eigenvalue weighted by Gasteiger charge is -2.31. The van der Waals surface area contributed by atoms with E-state index in [-0.39, 0.29) is 17.2 Å². The maximum absolute atomic E-state index is 12.7. The minimum Gasteiger partial charge on any atom is -0.323 e. The van der Waals surface area contributed by atoms with Crippen LogP contribution in [-0.2, 0) is 15.0 Å². The summed E-state index contributed by atoms with van der Waals surface area (Å²) in [5.41, 5.74) is 1.57. The molecule has 3 rings (SSSR count). The van der Waals surface area contributed by atoms with Gasteiger partial charge in [-0.25, -0.2) is 4.98 Å². The van der Waals surface area contributed by atoms with E-state index in [0.29, 0.717) is 5.13 Å². The molecule has 2 heterocycles. The standard InChI is InChI=1S/C17H19N3O2S2/c1-16(2,3)12-9-23-15(19-12)20-14(22)17(4)13(21)18-10-7-5-6-8-11(10)24-17/h5-9H,1-4H3,(H,18,21)(H,19,20,22). The Kier molecular flexibility index (Phi) is 4.17. The van der Waals surface area contributed by atoms with Gasteiger partial charge in [0.05, 0.1) is 11.4 Å². The molecule has 0 fully saturated rings. The van der Waals surface area contributed by atoms with E-state index < -0.39 is 4.75 Å². The van der Waals surface area contributed by atoms with Crippen LogP contribution in [0.25, 0.3) is 0 Å². The molecule has 0 spiro atoms. The summed E-state index contributed by atoms with van der Waals surface area (Å²) in [6.07, 6.45) is 0. The van der Waals surface area contributed by atoms with Gasteiger partial charge in [-0.2, -0.15) is 0 Å². The third-order valence-electron chi connectivity index (χ3n) is 3.81. The summed E-state index contributed by atoms with van der Waals surface area (Å²) in [6, 6.07) is 7.46. The number of aromatic nitrogens is 1. The van der Waals surface area contributed by atoms with Crippen molar-refractivity contribution in [1.82, 2.24) is 4.98 Å². The Morgan fingerprint density at radius 2 is 2.00 bits per heavy atom. The predicted octanol–water partition coefficient (Wildman–Crippen LogP) is 3.88. The molecule has 0 aliphatic carbocycles. The number of hydrogen-bond acceptors (Lipinski definition) is 5.